The minimum Gasteiger partial charge on any atom is -0.468 e. The Bertz CT molecular complexity index is 1000. The van der Waals surface area contributed by atoms with Crippen LogP contribution in [-0.2, 0) is 9.59 Å². The highest BCUT2D eigenvalue weighted by molar-refractivity contribution is 6.02. The molecular weight excluding hydrogens is 385 g/mol. The zero-order valence-corrected chi connectivity index (χ0v) is 16.8. The van der Waals surface area contributed by atoms with Gasteiger partial charge < -0.3 is 19.9 Å². The number of carbonyl (C=O) groups is 2. The van der Waals surface area contributed by atoms with E-state index in [-0.39, 0.29) is 23.5 Å². The number of amides is 2. The van der Waals surface area contributed by atoms with E-state index >= 15 is 0 Å². The Kier molecular flexibility index (Phi) is 4.41. The molecule has 0 saturated carbocycles. The molecule has 2 fully saturated rings. The number of nitrogens with one attached hydrogen (secondary N) is 1. The summed E-state index contributed by atoms with van der Waals surface area (Å²) in [5.41, 5.74) is 0.665. The van der Waals surface area contributed by atoms with Gasteiger partial charge in [0.1, 0.15) is 17.5 Å². The van der Waals surface area contributed by atoms with Crippen molar-refractivity contribution in [2.45, 2.75) is 25.0 Å². The third-order valence-corrected chi connectivity index (χ3v) is 6.39. The third-order valence-electron chi connectivity index (χ3n) is 6.39. The monoisotopic (exact) mass is 409 g/mol. The van der Waals surface area contributed by atoms with E-state index < -0.39 is 11.6 Å². The minimum absolute atomic E-state index is 0.163. The van der Waals surface area contributed by atoms with Gasteiger partial charge >= 0.3 is 0 Å². The summed E-state index contributed by atoms with van der Waals surface area (Å²) < 4.78 is 20.1. The molecule has 2 saturated heterocycles. The highest BCUT2D eigenvalue weighted by atomic mass is 19.1. The molecule has 3 aliphatic heterocycles. The first kappa shape index (κ1) is 18.9. The van der Waals surface area contributed by atoms with Gasteiger partial charge in [0.15, 0.2) is 5.72 Å². The number of benzene rings is 2. The Morgan fingerprint density at radius 3 is 2.57 bits per heavy atom. The lowest BCUT2D eigenvalue weighted by atomic mass is 9.74. The van der Waals surface area contributed by atoms with E-state index in [2.05, 4.69) is 5.32 Å². The summed E-state index contributed by atoms with van der Waals surface area (Å²) in [6, 6.07) is 14.3. The van der Waals surface area contributed by atoms with Gasteiger partial charge in [0.25, 0.3) is 0 Å². The summed E-state index contributed by atoms with van der Waals surface area (Å²) in [6.45, 7) is 3.83. The molecule has 0 unspecified atom stereocenters. The molecule has 2 bridgehead atoms. The topological polar surface area (TPSA) is 61.9 Å². The maximum absolute atomic E-state index is 14.1. The molecule has 30 heavy (non-hydrogen) atoms. The molecule has 3 atom stereocenters. The van der Waals surface area contributed by atoms with Crippen LogP contribution in [0.15, 0.2) is 48.5 Å². The molecule has 6 nitrogen and oxygen atoms in total. The van der Waals surface area contributed by atoms with Crippen molar-refractivity contribution in [1.29, 1.82) is 0 Å². The number of rotatable bonds is 2. The van der Waals surface area contributed by atoms with Crippen LogP contribution in [0.2, 0.25) is 0 Å². The van der Waals surface area contributed by atoms with E-state index in [1.54, 1.807) is 17.0 Å². The largest absolute Gasteiger partial charge is 0.468 e. The lowest BCUT2D eigenvalue weighted by Crippen LogP contribution is -2.64. The lowest BCUT2D eigenvalue weighted by Gasteiger charge is -2.48. The molecule has 0 aliphatic carbocycles. The predicted molar refractivity (Wildman–Crippen MR) is 110 cm³/mol. The molecule has 3 heterocycles. The zero-order chi connectivity index (χ0) is 20.9. The highest BCUT2D eigenvalue weighted by Crippen LogP contribution is 2.47. The minimum atomic E-state index is -0.795. The van der Waals surface area contributed by atoms with E-state index in [1.165, 1.54) is 6.07 Å². The first-order chi connectivity index (χ1) is 14.5. The van der Waals surface area contributed by atoms with Crippen LogP contribution in [0.3, 0.4) is 0 Å². The van der Waals surface area contributed by atoms with Crippen molar-refractivity contribution in [3.63, 3.8) is 0 Å². The Labute approximate surface area is 174 Å². The van der Waals surface area contributed by atoms with Crippen molar-refractivity contribution in [3.8, 4) is 5.75 Å². The SMILES string of the molecule is C[C@]12C[C@H](c3ccccc3O1)[C@H](C(=O)N1CCN(c3ccccc3F)CC1)C(=O)N2. The summed E-state index contributed by atoms with van der Waals surface area (Å²) in [5.74, 6) is -0.983. The maximum atomic E-state index is 14.1. The second-order valence-electron chi connectivity index (χ2n) is 8.41. The number of halogens is 1. The summed E-state index contributed by atoms with van der Waals surface area (Å²) in [4.78, 5) is 30.0. The highest BCUT2D eigenvalue weighted by Gasteiger charge is 2.52. The van der Waals surface area contributed by atoms with Crippen LogP contribution in [-0.4, -0.2) is 48.6 Å². The fraction of sp³-hybridized carbons (Fsp3) is 0.391. The Morgan fingerprint density at radius 2 is 1.80 bits per heavy atom. The summed E-state index contributed by atoms with van der Waals surface area (Å²) >= 11 is 0. The first-order valence-corrected chi connectivity index (χ1v) is 10.3. The van der Waals surface area contributed by atoms with Gasteiger partial charge in [-0.3, -0.25) is 9.59 Å². The number of hydrogen-bond acceptors (Lipinski definition) is 4. The average Bonchev–Trinajstić information content (AvgIpc) is 2.73. The fourth-order valence-corrected chi connectivity index (χ4v) is 4.95. The Balaban J connectivity index is 1.36. The normalized spacial score (nSPS) is 27.7. The molecule has 2 aromatic carbocycles. The second-order valence-corrected chi connectivity index (χ2v) is 8.41. The number of para-hydroxylation sites is 2. The van der Waals surface area contributed by atoms with Crippen LogP contribution in [0.5, 0.6) is 5.75 Å². The standard InChI is InChI=1S/C23H24FN3O3/c1-23-14-16(15-6-2-5-9-19(15)30-23)20(21(28)25-23)22(29)27-12-10-26(11-13-27)18-8-4-3-7-17(18)24/h2-9,16,20H,10-14H2,1H3,(H,25,28)/t16-,20+,23-/m1/s1. The van der Waals surface area contributed by atoms with Crippen LogP contribution < -0.4 is 15.0 Å². The lowest BCUT2D eigenvalue weighted by molar-refractivity contribution is -0.152. The third kappa shape index (κ3) is 3.09. The quantitative estimate of drug-likeness (QED) is 0.775. The summed E-state index contributed by atoms with van der Waals surface area (Å²) in [5, 5.41) is 2.91. The molecule has 5 rings (SSSR count). The van der Waals surface area contributed by atoms with Gasteiger partial charge in [0.05, 0.1) is 5.69 Å². The Morgan fingerprint density at radius 1 is 1.10 bits per heavy atom. The number of nitrogens with zero attached hydrogens (tertiary/aromatic N) is 2. The van der Waals surface area contributed by atoms with Crippen LogP contribution in [0.25, 0.3) is 0 Å². The maximum Gasteiger partial charge on any atom is 0.236 e. The molecule has 2 aromatic rings. The van der Waals surface area contributed by atoms with E-state index in [0.29, 0.717) is 38.3 Å². The number of fused-ring (bicyclic) bond motifs is 4. The van der Waals surface area contributed by atoms with Crippen LogP contribution >= 0.6 is 0 Å². The molecule has 2 amide bonds. The van der Waals surface area contributed by atoms with Gasteiger partial charge in [0.2, 0.25) is 11.8 Å². The number of ether oxygens (including phenoxy) is 1. The second kappa shape index (κ2) is 7.00. The molecular formula is C23H24FN3O3. The molecule has 3 aliphatic rings. The van der Waals surface area contributed by atoms with Crippen molar-refractivity contribution >= 4 is 17.5 Å². The number of carbonyl (C=O) groups excluding carboxylic acids is 2. The van der Waals surface area contributed by atoms with Gasteiger partial charge in [-0.1, -0.05) is 30.3 Å². The molecule has 0 aromatic heterocycles. The van der Waals surface area contributed by atoms with E-state index in [9.17, 15) is 14.0 Å². The predicted octanol–water partition coefficient (Wildman–Crippen LogP) is 2.50. The summed E-state index contributed by atoms with van der Waals surface area (Å²) in [7, 11) is 0. The molecule has 7 heteroatoms. The molecule has 156 valence electrons. The van der Waals surface area contributed by atoms with Gasteiger partial charge in [-0.2, -0.15) is 0 Å². The van der Waals surface area contributed by atoms with Gasteiger partial charge in [-0.25, -0.2) is 4.39 Å². The number of anilines is 1. The molecule has 0 radical (unpaired) electrons. The van der Waals surface area contributed by atoms with Crippen LogP contribution in [0.1, 0.15) is 24.8 Å². The molecule has 1 N–H and O–H groups in total. The van der Waals surface area contributed by atoms with Gasteiger partial charge in [0, 0.05) is 38.5 Å². The summed E-state index contributed by atoms with van der Waals surface area (Å²) in [6.07, 6.45) is 0.557. The van der Waals surface area contributed by atoms with Crippen molar-refractivity contribution in [2.75, 3.05) is 31.1 Å². The van der Waals surface area contributed by atoms with Gasteiger partial charge in [-0.15, -0.1) is 0 Å². The number of piperidine rings is 1. The molecule has 0 spiro atoms. The first-order valence-electron chi connectivity index (χ1n) is 10.3. The smallest absolute Gasteiger partial charge is 0.236 e. The van der Waals surface area contributed by atoms with Crippen molar-refractivity contribution < 1.29 is 18.7 Å². The fourth-order valence-electron chi connectivity index (χ4n) is 4.95. The van der Waals surface area contributed by atoms with E-state index in [0.717, 1.165) is 11.3 Å². The van der Waals surface area contributed by atoms with E-state index in [1.807, 2.05) is 42.2 Å². The number of piperazine rings is 1. The van der Waals surface area contributed by atoms with Gasteiger partial charge in [-0.05, 0) is 30.7 Å². The Hall–Kier alpha value is -3.09. The van der Waals surface area contributed by atoms with Crippen molar-refractivity contribution in [1.82, 2.24) is 10.2 Å². The number of hydrogen-bond donors (Lipinski definition) is 1. The average molecular weight is 409 g/mol. The van der Waals surface area contributed by atoms with Crippen LogP contribution in [0.4, 0.5) is 10.1 Å². The van der Waals surface area contributed by atoms with E-state index in [4.69, 9.17) is 4.74 Å². The zero-order valence-electron chi connectivity index (χ0n) is 16.8. The van der Waals surface area contributed by atoms with Crippen LogP contribution in [0, 0.1) is 11.7 Å². The van der Waals surface area contributed by atoms with Crippen molar-refractivity contribution in [3.05, 3.63) is 59.9 Å². The van der Waals surface area contributed by atoms with Crippen molar-refractivity contribution in [2.24, 2.45) is 5.92 Å².